The Labute approximate surface area is 108 Å². The third-order valence-electron chi connectivity index (χ3n) is 2.53. The van der Waals surface area contributed by atoms with Crippen LogP contribution >= 0.6 is 0 Å². The van der Waals surface area contributed by atoms with Crippen LogP contribution in [-0.2, 0) is 16.5 Å². The van der Waals surface area contributed by atoms with Crippen LogP contribution in [0.4, 0.5) is 5.69 Å². The molecule has 0 bridgehead atoms. The summed E-state index contributed by atoms with van der Waals surface area (Å²) < 4.78 is 29.8. The predicted octanol–water partition coefficient (Wildman–Crippen LogP) is 1.30. The molecule has 0 saturated heterocycles. The molecule has 0 aliphatic carbocycles. The van der Waals surface area contributed by atoms with Crippen LogP contribution in [0.2, 0.25) is 0 Å². The number of aliphatic hydroxyl groups excluding tert-OH is 1. The first-order valence-corrected chi connectivity index (χ1v) is 7.48. The van der Waals surface area contributed by atoms with Gasteiger partial charge in [-0.25, -0.2) is 0 Å². The summed E-state index contributed by atoms with van der Waals surface area (Å²) in [5.74, 6) is -0.615. The fourth-order valence-electron chi connectivity index (χ4n) is 1.75. The van der Waals surface area contributed by atoms with E-state index in [1.807, 2.05) is 31.2 Å². The molecular weight excluding hydrogens is 254 g/mol. The average Bonchev–Trinajstić information content (AvgIpc) is 2.26. The number of hydrogen-bond donors (Lipinski definition) is 3. The Bertz CT molecular complexity index is 473. The monoisotopic (exact) mass is 273 g/mol. The summed E-state index contributed by atoms with van der Waals surface area (Å²) in [4.78, 5) is 0. The lowest BCUT2D eigenvalue weighted by Gasteiger charge is -2.12. The molecule has 0 fully saturated rings. The van der Waals surface area contributed by atoms with Gasteiger partial charge in [-0.05, 0) is 31.4 Å². The van der Waals surface area contributed by atoms with E-state index in [-0.39, 0.29) is 0 Å². The van der Waals surface area contributed by atoms with Gasteiger partial charge >= 0.3 is 0 Å². The summed E-state index contributed by atoms with van der Waals surface area (Å²) >= 11 is 0. The topological polar surface area (TPSA) is 86.6 Å². The van der Waals surface area contributed by atoms with Crippen molar-refractivity contribution in [3.8, 4) is 0 Å². The maximum absolute atomic E-state index is 10.6. The molecule has 6 heteroatoms. The molecule has 1 aromatic carbocycles. The fraction of sp³-hybridized carbons (Fsp3) is 0.500. The highest BCUT2D eigenvalue weighted by Crippen LogP contribution is 2.17. The normalized spacial score (nSPS) is 13.3. The molecule has 1 atom stereocenters. The number of aryl methyl sites for hydroxylation is 1. The zero-order valence-corrected chi connectivity index (χ0v) is 11.2. The van der Waals surface area contributed by atoms with E-state index in [1.54, 1.807) is 0 Å². The first kappa shape index (κ1) is 14.9. The van der Waals surface area contributed by atoms with Crippen molar-refractivity contribution in [3.05, 3.63) is 29.8 Å². The van der Waals surface area contributed by atoms with Crippen molar-refractivity contribution in [2.45, 2.75) is 25.9 Å². The lowest BCUT2D eigenvalue weighted by atomic mass is 10.1. The maximum atomic E-state index is 10.6. The summed E-state index contributed by atoms with van der Waals surface area (Å²) in [7, 11) is -4.11. The molecule has 0 aliphatic heterocycles. The molecule has 0 aliphatic rings. The largest absolute Gasteiger partial charge is 0.392 e. The van der Waals surface area contributed by atoms with Gasteiger partial charge in [0.2, 0.25) is 0 Å². The molecule has 0 aromatic heterocycles. The summed E-state index contributed by atoms with van der Waals surface area (Å²) in [5.41, 5.74) is 2.01. The van der Waals surface area contributed by atoms with Crippen molar-refractivity contribution >= 4 is 15.8 Å². The molecular formula is C12H19NO4S. The standard InChI is InChI=1S/C12H19NO4S/c1-2-13-12-6-4-3-5-10(12)7-8-11(14)9-18(15,16)17/h3-6,11,13-14H,2,7-9H2,1H3,(H,15,16,17). The van der Waals surface area contributed by atoms with Crippen LogP contribution in [0.5, 0.6) is 0 Å². The van der Waals surface area contributed by atoms with Crippen molar-refractivity contribution in [3.63, 3.8) is 0 Å². The van der Waals surface area contributed by atoms with Crippen molar-refractivity contribution in [2.24, 2.45) is 0 Å². The molecule has 0 saturated carbocycles. The highest BCUT2D eigenvalue weighted by atomic mass is 32.2. The van der Waals surface area contributed by atoms with E-state index >= 15 is 0 Å². The first-order valence-electron chi connectivity index (χ1n) is 5.87. The molecule has 1 rings (SSSR count). The van der Waals surface area contributed by atoms with E-state index in [0.29, 0.717) is 12.8 Å². The molecule has 5 nitrogen and oxygen atoms in total. The summed E-state index contributed by atoms with van der Waals surface area (Å²) in [6, 6.07) is 7.67. The fourth-order valence-corrected chi connectivity index (χ4v) is 2.40. The van der Waals surface area contributed by atoms with Crippen molar-refractivity contribution in [2.75, 3.05) is 17.6 Å². The van der Waals surface area contributed by atoms with Gasteiger partial charge in [0.15, 0.2) is 0 Å². The number of nitrogens with one attached hydrogen (secondary N) is 1. The van der Waals surface area contributed by atoms with Gasteiger partial charge in [0.1, 0.15) is 5.75 Å². The van der Waals surface area contributed by atoms with Crippen LogP contribution in [0.3, 0.4) is 0 Å². The van der Waals surface area contributed by atoms with E-state index in [9.17, 15) is 13.5 Å². The van der Waals surface area contributed by atoms with Gasteiger partial charge in [-0.2, -0.15) is 8.42 Å². The van der Waals surface area contributed by atoms with E-state index in [0.717, 1.165) is 17.8 Å². The Balaban J connectivity index is 2.58. The second-order valence-electron chi connectivity index (χ2n) is 4.13. The molecule has 18 heavy (non-hydrogen) atoms. The van der Waals surface area contributed by atoms with Crippen LogP contribution in [0.15, 0.2) is 24.3 Å². The summed E-state index contributed by atoms with van der Waals surface area (Å²) in [6.45, 7) is 2.79. The van der Waals surface area contributed by atoms with Crippen LogP contribution in [0, 0.1) is 0 Å². The zero-order chi connectivity index (χ0) is 13.6. The second kappa shape index (κ2) is 6.72. The molecule has 102 valence electrons. The minimum atomic E-state index is -4.11. The highest BCUT2D eigenvalue weighted by molar-refractivity contribution is 7.85. The smallest absolute Gasteiger partial charge is 0.267 e. The van der Waals surface area contributed by atoms with Crippen LogP contribution in [-0.4, -0.2) is 36.5 Å². The molecule has 0 spiro atoms. The highest BCUT2D eigenvalue weighted by Gasteiger charge is 2.14. The summed E-state index contributed by atoms with van der Waals surface area (Å²) in [6.07, 6.45) is -0.197. The molecule has 0 amide bonds. The van der Waals surface area contributed by atoms with Crippen molar-refractivity contribution < 1.29 is 18.1 Å². The van der Waals surface area contributed by atoms with Gasteiger partial charge in [-0.15, -0.1) is 0 Å². The number of benzene rings is 1. The first-order chi connectivity index (χ1) is 8.42. The third-order valence-corrected chi connectivity index (χ3v) is 3.34. The Morgan fingerprint density at radius 3 is 2.61 bits per heavy atom. The molecule has 0 heterocycles. The molecule has 1 aromatic rings. The average molecular weight is 273 g/mol. The van der Waals surface area contributed by atoms with E-state index < -0.39 is 22.0 Å². The van der Waals surface area contributed by atoms with Crippen molar-refractivity contribution in [1.29, 1.82) is 0 Å². The predicted molar refractivity (Wildman–Crippen MR) is 71.3 cm³/mol. The van der Waals surface area contributed by atoms with Gasteiger partial charge in [-0.3, -0.25) is 4.55 Å². The van der Waals surface area contributed by atoms with Crippen LogP contribution in [0.25, 0.3) is 0 Å². The molecule has 1 unspecified atom stereocenters. The second-order valence-corrected chi connectivity index (χ2v) is 5.63. The lowest BCUT2D eigenvalue weighted by molar-refractivity contribution is 0.185. The number of anilines is 1. The zero-order valence-electron chi connectivity index (χ0n) is 10.3. The Morgan fingerprint density at radius 2 is 2.00 bits per heavy atom. The van der Waals surface area contributed by atoms with Gasteiger partial charge in [0, 0.05) is 12.2 Å². The Hall–Kier alpha value is -1.11. The number of para-hydroxylation sites is 1. The number of hydrogen-bond acceptors (Lipinski definition) is 4. The lowest BCUT2D eigenvalue weighted by Crippen LogP contribution is -2.20. The summed E-state index contributed by atoms with van der Waals surface area (Å²) in [5, 5.41) is 12.7. The third kappa shape index (κ3) is 5.48. The molecule has 3 N–H and O–H groups in total. The van der Waals surface area contributed by atoms with Gasteiger partial charge in [0.05, 0.1) is 6.10 Å². The van der Waals surface area contributed by atoms with E-state index in [2.05, 4.69) is 5.32 Å². The van der Waals surface area contributed by atoms with Crippen LogP contribution < -0.4 is 5.32 Å². The van der Waals surface area contributed by atoms with E-state index in [4.69, 9.17) is 4.55 Å². The molecule has 0 radical (unpaired) electrons. The maximum Gasteiger partial charge on any atom is 0.267 e. The van der Waals surface area contributed by atoms with Crippen LogP contribution in [0.1, 0.15) is 18.9 Å². The number of rotatable bonds is 7. The van der Waals surface area contributed by atoms with Gasteiger partial charge in [-0.1, -0.05) is 18.2 Å². The number of aliphatic hydroxyl groups is 1. The van der Waals surface area contributed by atoms with Gasteiger partial charge < -0.3 is 10.4 Å². The van der Waals surface area contributed by atoms with Crippen molar-refractivity contribution in [1.82, 2.24) is 0 Å². The minimum Gasteiger partial charge on any atom is -0.392 e. The minimum absolute atomic E-state index is 0.294. The van der Waals surface area contributed by atoms with Gasteiger partial charge in [0.25, 0.3) is 10.1 Å². The van der Waals surface area contributed by atoms with E-state index in [1.165, 1.54) is 0 Å². The SMILES string of the molecule is CCNc1ccccc1CCC(O)CS(=O)(=O)O. The Kier molecular flexibility index (Phi) is 5.58. The quantitative estimate of drug-likeness (QED) is 0.652. The Morgan fingerprint density at radius 1 is 1.33 bits per heavy atom.